The predicted octanol–water partition coefficient (Wildman–Crippen LogP) is 3.57. The number of hydrogen-bond acceptors (Lipinski definition) is 1. The number of carbonyl (C=O) groups is 1. The molecule has 74 valence electrons. The van der Waals surface area contributed by atoms with Crippen LogP contribution in [-0.4, -0.2) is 5.78 Å². The normalized spacial score (nSPS) is 15.1. The van der Waals surface area contributed by atoms with E-state index >= 15 is 0 Å². The van der Waals surface area contributed by atoms with E-state index in [1.165, 1.54) is 6.92 Å². The van der Waals surface area contributed by atoms with Crippen molar-refractivity contribution in [3.8, 4) is 0 Å². The third-order valence-corrected chi connectivity index (χ3v) is 1.64. The predicted molar refractivity (Wildman–Crippen MR) is 53.2 cm³/mol. The van der Waals surface area contributed by atoms with Crippen LogP contribution in [0.15, 0.2) is 23.6 Å². The van der Waals surface area contributed by atoms with Crippen LogP contribution < -0.4 is 0 Å². The molecule has 0 N–H and O–H groups in total. The molecule has 0 atom stereocenters. The summed E-state index contributed by atoms with van der Waals surface area (Å²) in [5, 5.41) is 0. The van der Waals surface area contributed by atoms with Gasteiger partial charge < -0.3 is 0 Å². The van der Waals surface area contributed by atoms with Crippen LogP contribution in [-0.2, 0) is 4.79 Å². The van der Waals surface area contributed by atoms with Gasteiger partial charge in [0.2, 0.25) is 0 Å². The van der Waals surface area contributed by atoms with Crippen molar-refractivity contribution in [2.75, 3.05) is 0 Å². The Bertz CT molecular complexity index is 226. The van der Waals surface area contributed by atoms with Gasteiger partial charge >= 0.3 is 0 Å². The maximum atomic E-state index is 12.9. The van der Waals surface area contributed by atoms with E-state index < -0.39 is 0 Å². The first-order valence-electron chi connectivity index (χ1n) is 4.73. The van der Waals surface area contributed by atoms with Crippen molar-refractivity contribution in [1.29, 1.82) is 0 Å². The van der Waals surface area contributed by atoms with Gasteiger partial charge in [0.15, 0.2) is 0 Å². The van der Waals surface area contributed by atoms with Gasteiger partial charge in [0.25, 0.3) is 0 Å². The van der Waals surface area contributed by atoms with Crippen molar-refractivity contribution in [2.24, 2.45) is 0 Å². The highest BCUT2D eigenvalue weighted by Gasteiger charge is 2.08. The van der Waals surface area contributed by atoms with Crippen molar-refractivity contribution in [3.05, 3.63) is 23.6 Å². The molecule has 2 heteroatoms. The second-order valence-electron chi connectivity index (χ2n) is 2.75. The van der Waals surface area contributed by atoms with Gasteiger partial charge in [0.05, 0.1) is 0 Å². The van der Waals surface area contributed by atoms with Crippen molar-refractivity contribution in [3.63, 3.8) is 0 Å². The summed E-state index contributed by atoms with van der Waals surface area (Å²) in [4.78, 5) is 10.6. The average Bonchev–Trinajstić information content (AvgIpc) is 2.12. The molecule has 1 nitrogen and oxygen atoms in total. The van der Waals surface area contributed by atoms with E-state index in [-0.39, 0.29) is 18.0 Å². The molecule has 1 rings (SSSR count). The quantitative estimate of drug-likeness (QED) is 0.641. The number of hydrogen-bond donors (Lipinski definition) is 0. The van der Waals surface area contributed by atoms with Crippen LogP contribution in [0, 0.1) is 0 Å². The summed E-state index contributed by atoms with van der Waals surface area (Å²) in [7, 11) is 0. The third kappa shape index (κ3) is 4.61. The highest BCUT2D eigenvalue weighted by Crippen LogP contribution is 2.22. The van der Waals surface area contributed by atoms with Gasteiger partial charge in [-0.05, 0) is 18.9 Å². The topological polar surface area (TPSA) is 17.1 Å². The lowest BCUT2D eigenvalue weighted by Crippen LogP contribution is -1.96. The minimum Gasteiger partial charge on any atom is -0.300 e. The first-order valence-corrected chi connectivity index (χ1v) is 4.73. The number of carbonyl (C=O) groups excluding carboxylic acids is 1. The summed E-state index contributed by atoms with van der Waals surface area (Å²) >= 11 is 0. The zero-order chi connectivity index (χ0) is 10.3. The van der Waals surface area contributed by atoms with E-state index in [9.17, 15) is 9.18 Å². The minimum atomic E-state index is -0.122. The van der Waals surface area contributed by atoms with Gasteiger partial charge in [-0.3, -0.25) is 4.79 Å². The molecule has 0 bridgehead atoms. The van der Waals surface area contributed by atoms with Crippen LogP contribution >= 0.6 is 0 Å². The molecule has 0 amide bonds. The fraction of sp³-hybridized carbons (Fsp3) is 0.545. The average molecular weight is 184 g/mol. The summed E-state index contributed by atoms with van der Waals surface area (Å²) in [5.41, 5.74) is 0.559. The molecule has 0 saturated carbocycles. The van der Waals surface area contributed by atoms with Crippen molar-refractivity contribution >= 4 is 5.78 Å². The number of allylic oxidation sites excluding steroid dienone is 4. The highest BCUT2D eigenvalue weighted by molar-refractivity contribution is 5.79. The lowest BCUT2D eigenvalue weighted by Gasteiger charge is -2.06. The van der Waals surface area contributed by atoms with Gasteiger partial charge in [0, 0.05) is 12.8 Å². The zero-order valence-corrected chi connectivity index (χ0v) is 8.56. The molecule has 0 radical (unpaired) electrons. The van der Waals surface area contributed by atoms with Crippen LogP contribution in [0.4, 0.5) is 4.39 Å². The Morgan fingerprint density at radius 3 is 2.62 bits per heavy atom. The number of ketones is 1. The van der Waals surface area contributed by atoms with Crippen molar-refractivity contribution < 1.29 is 9.18 Å². The molecule has 0 aromatic heterocycles. The Morgan fingerprint density at radius 2 is 2.15 bits per heavy atom. The first kappa shape index (κ1) is 12.1. The molecule has 1 aliphatic rings. The van der Waals surface area contributed by atoms with Gasteiger partial charge in [0.1, 0.15) is 11.6 Å². The Kier molecular flexibility index (Phi) is 6.11. The third-order valence-electron chi connectivity index (χ3n) is 1.64. The lowest BCUT2D eigenvalue weighted by atomic mass is 10.0. The number of rotatable bonds is 2. The molecule has 1 aliphatic carbocycles. The maximum Gasteiger partial charge on any atom is 0.134 e. The van der Waals surface area contributed by atoms with E-state index in [2.05, 4.69) is 0 Å². The molecular formula is C11H17FO. The summed E-state index contributed by atoms with van der Waals surface area (Å²) in [6, 6.07) is 0. The minimum absolute atomic E-state index is 0.0155. The number of Topliss-reactive ketones (excluding diaryl/α,β-unsaturated/α-hetero) is 1. The van der Waals surface area contributed by atoms with Gasteiger partial charge in [-0.1, -0.05) is 26.0 Å². The molecule has 0 aromatic rings. The zero-order valence-electron chi connectivity index (χ0n) is 8.56. The first-order chi connectivity index (χ1) is 6.20. The monoisotopic (exact) mass is 184 g/mol. The SMILES string of the molecule is CC.CC(=O)CC1=C(F)CCC=C1. The summed E-state index contributed by atoms with van der Waals surface area (Å²) in [5.74, 6) is -0.107. The lowest BCUT2D eigenvalue weighted by molar-refractivity contribution is -0.116. The van der Waals surface area contributed by atoms with E-state index in [1.54, 1.807) is 6.08 Å². The molecular weight excluding hydrogens is 167 g/mol. The second-order valence-corrected chi connectivity index (χ2v) is 2.75. The van der Waals surface area contributed by atoms with E-state index in [0.29, 0.717) is 12.0 Å². The van der Waals surface area contributed by atoms with Crippen LogP contribution in [0.2, 0.25) is 0 Å². The Hall–Kier alpha value is -0.920. The van der Waals surface area contributed by atoms with Gasteiger partial charge in [-0.25, -0.2) is 4.39 Å². The van der Waals surface area contributed by atoms with E-state index in [0.717, 1.165) is 6.42 Å². The molecule has 0 unspecified atom stereocenters. The molecule has 0 saturated heterocycles. The molecule has 0 aromatic carbocycles. The number of halogens is 1. The summed E-state index contributed by atoms with van der Waals surface area (Å²) in [6.45, 7) is 5.47. The van der Waals surface area contributed by atoms with Crippen LogP contribution in [0.3, 0.4) is 0 Å². The largest absolute Gasteiger partial charge is 0.300 e. The van der Waals surface area contributed by atoms with E-state index in [1.807, 2.05) is 19.9 Å². The molecule has 0 heterocycles. The fourth-order valence-corrected chi connectivity index (χ4v) is 1.11. The molecule has 13 heavy (non-hydrogen) atoms. The van der Waals surface area contributed by atoms with Crippen LogP contribution in [0.25, 0.3) is 0 Å². The molecule has 0 aliphatic heterocycles. The van der Waals surface area contributed by atoms with Crippen molar-refractivity contribution in [1.82, 2.24) is 0 Å². The Labute approximate surface area is 79.3 Å². The Balaban J connectivity index is 0.000000671. The van der Waals surface area contributed by atoms with Gasteiger partial charge in [-0.15, -0.1) is 0 Å². The van der Waals surface area contributed by atoms with Gasteiger partial charge in [-0.2, -0.15) is 0 Å². The summed E-state index contributed by atoms with van der Waals surface area (Å²) < 4.78 is 12.9. The maximum absolute atomic E-state index is 12.9. The standard InChI is InChI=1S/C9H11FO.C2H6/c1-7(11)6-8-4-2-3-5-9(8)10;1-2/h2,4H,3,5-6H2,1H3;1-2H3. The van der Waals surface area contributed by atoms with Crippen LogP contribution in [0.1, 0.15) is 40.0 Å². The Morgan fingerprint density at radius 1 is 1.54 bits per heavy atom. The van der Waals surface area contributed by atoms with Crippen molar-refractivity contribution in [2.45, 2.75) is 40.0 Å². The fourth-order valence-electron chi connectivity index (χ4n) is 1.11. The molecule has 0 fully saturated rings. The second kappa shape index (κ2) is 6.58. The summed E-state index contributed by atoms with van der Waals surface area (Å²) in [6.07, 6.45) is 5.07. The molecule has 0 spiro atoms. The van der Waals surface area contributed by atoms with E-state index in [4.69, 9.17) is 0 Å². The van der Waals surface area contributed by atoms with Crippen LogP contribution in [0.5, 0.6) is 0 Å². The highest BCUT2D eigenvalue weighted by atomic mass is 19.1. The smallest absolute Gasteiger partial charge is 0.134 e.